The first-order valence-corrected chi connectivity index (χ1v) is 9.05. The molecule has 1 N–H and O–H groups in total. The first-order valence-electron chi connectivity index (χ1n) is 9.05. The average Bonchev–Trinajstić information content (AvgIpc) is 2.73. The Morgan fingerprint density at radius 2 is 1.97 bits per heavy atom. The maximum Gasteiger partial charge on any atom is 0.417 e. The van der Waals surface area contributed by atoms with Gasteiger partial charge in [0.1, 0.15) is 11.6 Å². The molecule has 3 rings (SSSR count). The summed E-state index contributed by atoms with van der Waals surface area (Å²) in [7, 11) is 0. The number of carbonyl (C=O) groups excluding carboxylic acids is 2. The van der Waals surface area contributed by atoms with Gasteiger partial charge in [-0.3, -0.25) is 9.59 Å². The molecular formula is C20H18F4N4O2. The molecule has 2 amide bonds. The number of rotatable bonds is 4. The quantitative estimate of drug-likeness (QED) is 0.767. The van der Waals surface area contributed by atoms with E-state index in [4.69, 9.17) is 0 Å². The Bertz CT molecular complexity index is 974. The number of alkyl halides is 3. The third kappa shape index (κ3) is 4.42. The second-order valence-corrected chi connectivity index (χ2v) is 6.45. The SMILES string of the molecule is CCNC(=O)c1ccc(N2C=CCN(C(=O)c3c(F)cccc3C(F)(F)F)C2)nc1. The average molecular weight is 422 g/mol. The molecule has 6 nitrogen and oxygen atoms in total. The Morgan fingerprint density at radius 3 is 2.60 bits per heavy atom. The van der Waals surface area contributed by atoms with E-state index in [9.17, 15) is 27.2 Å². The third-order valence-corrected chi connectivity index (χ3v) is 4.40. The highest BCUT2D eigenvalue weighted by atomic mass is 19.4. The molecule has 1 aromatic heterocycles. The van der Waals surface area contributed by atoms with Crippen LogP contribution < -0.4 is 10.2 Å². The van der Waals surface area contributed by atoms with Crippen molar-refractivity contribution in [3.63, 3.8) is 0 Å². The van der Waals surface area contributed by atoms with E-state index in [0.29, 0.717) is 24.0 Å². The van der Waals surface area contributed by atoms with Crippen LogP contribution in [0, 0.1) is 5.82 Å². The summed E-state index contributed by atoms with van der Waals surface area (Å²) in [6.07, 6.45) is -0.346. The lowest BCUT2D eigenvalue weighted by Crippen LogP contribution is -2.43. The van der Waals surface area contributed by atoms with Crippen molar-refractivity contribution in [2.75, 3.05) is 24.7 Å². The van der Waals surface area contributed by atoms with Gasteiger partial charge in [-0.25, -0.2) is 9.37 Å². The molecule has 2 aromatic rings. The first-order chi connectivity index (χ1) is 14.2. The summed E-state index contributed by atoms with van der Waals surface area (Å²) in [6, 6.07) is 5.50. The summed E-state index contributed by atoms with van der Waals surface area (Å²) >= 11 is 0. The molecule has 0 unspecified atom stereocenters. The summed E-state index contributed by atoms with van der Waals surface area (Å²) < 4.78 is 53.9. The molecule has 30 heavy (non-hydrogen) atoms. The molecule has 0 aliphatic carbocycles. The molecule has 1 aliphatic heterocycles. The molecule has 10 heteroatoms. The van der Waals surface area contributed by atoms with Crippen LogP contribution in [0.2, 0.25) is 0 Å². The van der Waals surface area contributed by atoms with Gasteiger partial charge in [0, 0.05) is 25.5 Å². The van der Waals surface area contributed by atoms with Gasteiger partial charge < -0.3 is 15.1 Å². The fourth-order valence-corrected chi connectivity index (χ4v) is 2.98. The smallest absolute Gasteiger partial charge is 0.352 e. The number of nitrogens with zero attached hydrogens (tertiary/aromatic N) is 3. The molecule has 0 saturated carbocycles. The highest BCUT2D eigenvalue weighted by Gasteiger charge is 2.38. The van der Waals surface area contributed by atoms with E-state index >= 15 is 0 Å². The number of anilines is 1. The van der Waals surface area contributed by atoms with Gasteiger partial charge in [-0.2, -0.15) is 13.2 Å². The summed E-state index contributed by atoms with van der Waals surface area (Å²) in [4.78, 5) is 31.3. The van der Waals surface area contributed by atoms with Crippen molar-refractivity contribution in [3.8, 4) is 0 Å². The molecule has 0 bridgehead atoms. The number of pyridine rings is 1. The van der Waals surface area contributed by atoms with Gasteiger partial charge in [0.15, 0.2) is 0 Å². The highest BCUT2D eigenvalue weighted by molar-refractivity contribution is 5.96. The largest absolute Gasteiger partial charge is 0.417 e. The van der Waals surface area contributed by atoms with Crippen molar-refractivity contribution in [2.24, 2.45) is 0 Å². The van der Waals surface area contributed by atoms with Crippen LogP contribution in [0.25, 0.3) is 0 Å². The summed E-state index contributed by atoms with van der Waals surface area (Å²) in [6.45, 7) is 2.12. The van der Waals surface area contributed by atoms with Crippen molar-refractivity contribution in [1.82, 2.24) is 15.2 Å². The van der Waals surface area contributed by atoms with Gasteiger partial charge in [-0.15, -0.1) is 0 Å². The minimum Gasteiger partial charge on any atom is -0.352 e. The Morgan fingerprint density at radius 1 is 1.20 bits per heavy atom. The van der Waals surface area contributed by atoms with E-state index in [1.165, 1.54) is 11.1 Å². The molecule has 0 fully saturated rings. The zero-order valence-corrected chi connectivity index (χ0v) is 15.9. The van der Waals surface area contributed by atoms with Crippen LogP contribution in [-0.2, 0) is 6.18 Å². The normalized spacial score (nSPS) is 14.0. The topological polar surface area (TPSA) is 65.5 Å². The summed E-state index contributed by atoms with van der Waals surface area (Å²) in [5.74, 6) is -2.22. The number of amides is 2. The lowest BCUT2D eigenvalue weighted by Gasteiger charge is -2.32. The number of carbonyl (C=O) groups is 2. The highest BCUT2D eigenvalue weighted by Crippen LogP contribution is 2.34. The standard InChI is InChI=1S/C20H18F4N4O2/c1-2-25-18(29)13-7-8-16(26-11-13)27-9-4-10-28(12-27)19(30)17-14(20(22,23)24)5-3-6-15(17)21/h3-9,11H,2,10,12H2,1H3,(H,25,29). The summed E-state index contributed by atoms with van der Waals surface area (Å²) in [5, 5.41) is 2.64. The molecule has 158 valence electrons. The van der Waals surface area contributed by atoms with Gasteiger partial charge in [0.2, 0.25) is 0 Å². The third-order valence-electron chi connectivity index (χ3n) is 4.40. The molecule has 0 saturated heterocycles. The van der Waals surface area contributed by atoms with E-state index < -0.39 is 29.0 Å². The van der Waals surface area contributed by atoms with Crippen LogP contribution in [0.4, 0.5) is 23.4 Å². The zero-order valence-electron chi connectivity index (χ0n) is 15.9. The minimum absolute atomic E-state index is 0.0119. The van der Waals surface area contributed by atoms with Crippen LogP contribution in [-0.4, -0.2) is 41.5 Å². The van der Waals surface area contributed by atoms with Crippen LogP contribution in [0.15, 0.2) is 48.8 Å². The molecule has 0 atom stereocenters. The maximum absolute atomic E-state index is 14.2. The molecule has 1 aromatic carbocycles. The molecular weight excluding hydrogens is 404 g/mol. The Labute approximate surface area is 169 Å². The van der Waals surface area contributed by atoms with Crippen molar-refractivity contribution in [1.29, 1.82) is 0 Å². The number of hydrogen-bond donors (Lipinski definition) is 1. The first kappa shape index (κ1) is 21.3. The number of hydrogen-bond acceptors (Lipinski definition) is 4. The molecule has 1 aliphatic rings. The maximum atomic E-state index is 14.2. The van der Waals surface area contributed by atoms with Crippen molar-refractivity contribution >= 4 is 17.6 Å². The van der Waals surface area contributed by atoms with E-state index in [-0.39, 0.29) is 19.1 Å². The van der Waals surface area contributed by atoms with Crippen molar-refractivity contribution in [3.05, 3.63) is 71.3 Å². The van der Waals surface area contributed by atoms with Crippen LogP contribution in [0.5, 0.6) is 0 Å². The van der Waals surface area contributed by atoms with Gasteiger partial charge >= 0.3 is 6.18 Å². The predicted molar refractivity (Wildman–Crippen MR) is 101 cm³/mol. The van der Waals surface area contributed by atoms with E-state index in [1.807, 2.05) is 0 Å². The second kappa shape index (κ2) is 8.52. The fourth-order valence-electron chi connectivity index (χ4n) is 2.98. The van der Waals surface area contributed by atoms with E-state index in [1.54, 1.807) is 31.3 Å². The van der Waals surface area contributed by atoms with Gasteiger partial charge in [0.25, 0.3) is 11.8 Å². The monoisotopic (exact) mass is 422 g/mol. The molecule has 0 radical (unpaired) electrons. The minimum atomic E-state index is -4.87. The second-order valence-electron chi connectivity index (χ2n) is 6.45. The van der Waals surface area contributed by atoms with Crippen LogP contribution in [0.1, 0.15) is 33.2 Å². The Balaban J connectivity index is 1.82. The lowest BCUT2D eigenvalue weighted by atomic mass is 10.0. The van der Waals surface area contributed by atoms with Gasteiger partial charge in [-0.05, 0) is 37.3 Å². The number of nitrogens with one attached hydrogen (secondary N) is 1. The fraction of sp³-hybridized carbons (Fsp3) is 0.250. The van der Waals surface area contributed by atoms with Crippen molar-refractivity contribution in [2.45, 2.75) is 13.1 Å². The zero-order chi connectivity index (χ0) is 21.9. The number of benzene rings is 1. The predicted octanol–water partition coefficient (Wildman–Crippen LogP) is 3.42. The Kier molecular flexibility index (Phi) is 6.04. The van der Waals surface area contributed by atoms with Crippen LogP contribution in [0.3, 0.4) is 0 Å². The van der Waals surface area contributed by atoms with E-state index in [2.05, 4.69) is 10.3 Å². The number of aromatic nitrogens is 1. The van der Waals surface area contributed by atoms with Gasteiger partial charge in [0.05, 0.1) is 23.4 Å². The van der Waals surface area contributed by atoms with E-state index in [0.717, 1.165) is 17.0 Å². The summed E-state index contributed by atoms with van der Waals surface area (Å²) in [5.41, 5.74) is -1.99. The Hall–Kier alpha value is -3.43. The number of halogens is 4. The molecule has 0 spiro atoms. The van der Waals surface area contributed by atoms with Crippen LogP contribution >= 0.6 is 0 Å². The van der Waals surface area contributed by atoms with Gasteiger partial charge in [-0.1, -0.05) is 6.07 Å². The van der Waals surface area contributed by atoms with Crippen molar-refractivity contribution < 1.29 is 27.2 Å². The molecule has 2 heterocycles. The lowest BCUT2D eigenvalue weighted by molar-refractivity contribution is -0.138.